The number of hydrogen-bond acceptors (Lipinski definition) is 1. The van der Waals surface area contributed by atoms with Crippen molar-refractivity contribution in [3.05, 3.63) is 35.8 Å². The van der Waals surface area contributed by atoms with Gasteiger partial charge in [-0.2, -0.15) is 6.07 Å². The van der Waals surface area contributed by atoms with Gasteiger partial charge in [0, 0.05) is 19.5 Å². The zero-order valence-electron chi connectivity index (χ0n) is 4.37. The molecule has 38 valence electrons. The molecular weight excluding hydrogens is 155 g/mol. The van der Waals surface area contributed by atoms with Crippen LogP contribution in [0.3, 0.4) is 0 Å². The van der Waals surface area contributed by atoms with Gasteiger partial charge in [0.05, 0.1) is 6.20 Å². The fourth-order valence-corrected chi connectivity index (χ4v) is 0.343. The molecule has 0 unspecified atom stereocenters. The van der Waals surface area contributed by atoms with E-state index in [2.05, 4.69) is 6.20 Å². The number of nitrogens with zero attached hydrogens (tertiary/aromatic N) is 1. The van der Waals surface area contributed by atoms with E-state index in [-0.39, 0.29) is 19.5 Å². The molecule has 3 heteroatoms. The molecule has 0 aliphatic rings. The minimum Gasteiger partial charge on any atom is -0.641 e. The fraction of sp³-hybridized carbons (Fsp3) is 0. The Morgan fingerprint density at radius 1 is 1.38 bits per heavy atom. The van der Waals surface area contributed by atoms with Gasteiger partial charge >= 0.3 is 0 Å². The molecule has 1 heterocycles. The van der Waals surface area contributed by atoms with Crippen molar-refractivity contribution in [3.63, 3.8) is 0 Å². The zero-order chi connectivity index (χ0) is 5.11. The van der Waals surface area contributed by atoms with Crippen LogP contribution in [0.4, 0.5) is 0 Å². The van der Waals surface area contributed by atoms with Gasteiger partial charge in [-0.05, 0) is 0 Å². The fourth-order valence-electron chi connectivity index (χ4n) is 0.343. The molecule has 0 radical (unpaired) electrons. The van der Waals surface area contributed by atoms with E-state index in [1.165, 1.54) is 6.20 Å². The number of hydrogen-bond donors (Lipinski definition) is 0. The van der Waals surface area contributed by atoms with E-state index in [0.29, 0.717) is 4.73 Å². The quantitative estimate of drug-likeness (QED) is 0.229. The van der Waals surface area contributed by atoms with Gasteiger partial charge in [-0.15, -0.1) is 12.1 Å². The van der Waals surface area contributed by atoms with Gasteiger partial charge in [-0.3, -0.25) is 4.73 Å². The summed E-state index contributed by atoms with van der Waals surface area (Å²) in [6, 6.07) is 4.96. The van der Waals surface area contributed by atoms with Crippen LogP contribution in [0.25, 0.3) is 0 Å². The van der Waals surface area contributed by atoms with E-state index < -0.39 is 0 Å². The van der Waals surface area contributed by atoms with Crippen LogP contribution in [0.1, 0.15) is 0 Å². The molecule has 0 bridgehead atoms. The third kappa shape index (κ3) is 2.03. The average molecular weight is 159 g/mol. The maximum atomic E-state index is 10.1. The Morgan fingerprint density at radius 2 is 2.12 bits per heavy atom. The topological polar surface area (TPSA) is 26.9 Å². The second kappa shape index (κ2) is 3.56. The van der Waals surface area contributed by atoms with Gasteiger partial charge in [0.2, 0.25) is 0 Å². The minimum atomic E-state index is 0. The molecule has 0 aliphatic carbocycles. The Labute approximate surface area is 60.5 Å². The Bertz CT molecular complexity index is 142. The summed E-state index contributed by atoms with van der Waals surface area (Å²) >= 11 is 0. The Balaban J connectivity index is 0.000000490. The summed E-state index contributed by atoms with van der Waals surface area (Å²) in [6.07, 6.45) is 3.78. The second-order valence-corrected chi connectivity index (χ2v) is 1.16. The molecule has 0 saturated heterocycles. The molecule has 0 atom stereocenters. The third-order valence-corrected chi connectivity index (χ3v) is 0.631. The molecule has 0 saturated carbocycles. The van der Waals surface area contributed by atoms with E-state index in [4.69, 9.17) is 0 Å². The van der Waals surface area contributed by atoms with Crippen LogP contribution < -0.4 is 4.73 Å². The molecule has 0 aromatic carbocycles. The van der Waals surface area contributed by atoms with E-state index in [9.17, 15) is 5.21 Å². The van der Waals surface area contributed by atoms with Crippen LogP contribution >= 0.6 is 0 Å². The Kier molecular flexibility index (Phi) is 3.37. The summed E-state index contributed by atoms with van der Waals surface area (Å²) in [4.78, 5) is 0. The maximum absolute atomic E-state index is 10.1. The SMILES string of the molecule is [O-][n+]1[c-]cccc1.[Zn]. The molecule has 1 aromatic heterocycles. The number of aromatic nitrogens is 1. The van der Waals surface area contributed by atoms with Crippen molar-refractivity contribution in [1.82, 2.24) is 0 Å². The summed E-state index contributed by atoms with van der Waals surface area (Å²) < 4.78 is 0.625. The molecular formula is C5H4NOZn-. The van der Waals surface area contributed by atoms with Crippen molar-refractivity contribution in [2.24, 2.45) is 0 Å². The molecule has 0 amide bonds. The third-order valence-electron chi connectivity index (χ3n) is 0.631. The summed E-state index contributed by atoms with van der Waals surface area (Å²) in [5.74, 6) is 0. The molecule has 1 aromatic rings. The maximum Gasteiger partial charge on any atom is 0.125 e. The first-order chi connectivity index (χ1) is 3.39. The molecule has 1 rings (SSSR count). The van der Waals surface area contributed by atoms with Crippen LogP contribution in [0.5, 0.6) is 0 Å². The number of rotatable bonds is 0. The van der Waals surface area contributed by atoms with E-state index in [1.807, 2.05) is 0 Å². The Hall–Kier alpha value is -0.427. The van der Waals surface area contributed by atoms with Gasteiger partial charge in [0.15, 0.2) is 0 Å². The first kappa shape index (κ1) is 7.57. The molecule has 8 heavy (non-hydrogen) atoms. The predicted molar refractivity (Wildman–Crippen MR) is 24.2 cm³/mol. The van der Waals surface area contributed by atoms with Gasteiger partial charge < -0.3 is 5.21 Å². The van der Waals surface area contributed by atoms with Crippen molar-refractivity contribution < 1.29 is 24.2 Å². The van der Waals surface area contributed by atoms with Crippen LogP contribution in [0, 0.1) is 11.4 Å². The summed E-state index contributed by atoms with van der Waals surface area (Å²) in [7, 11) is 0. The normalized spacial score (nSPS) is 7.50. The predicted octanol–water partition coefficient (Wildman–Crippen LogP) is 0.118. The van der Waals surface area contributed by atoms with Crippen molar-refractivity contribution in [1.29, 1.82) is 0 Å². The molecule has 0 N–H and O–H groups in total. The minimum absolute atomic E-state index is 0. The molecule has 0 aliphatic heterocycles. The standard InChI is InChI=1S/C5H4NO.Zn/c7-6-4-2-1-3-5-6;/h1-4H;/q-1;. The molecule has 0 fully saturated rings. The van der Waals surface area contributed by atoms with Crippen molar-refractivity contribution in [2.45, 2.75) is 0 Å². The average Bonchev–Trinajstić information content (AvgIpc) is 1.69. The second-order valence-electron chi connectivity index (χ2n) is 1.16. The summed E-state index contributed by atoms with van der Waals surface area (Å²) in [5, 5.41) is 10.1. The van der Waals surface area contributed by atoms with Gasteiger partial charge in [-0.1, -0.05) is 0 Å². The van der Waals surface area contributed by atoms with E-state index in [0.717, 1.165) is 0 Å². The first-order valence-corrected chi connectivity index (χ1v) is 1.95. The molecule has 2 nitrogen and oxygen atoms in total. The smallest absolute Gasteiger partial charge is 0.125 e. The van der Waals surface area contributed by atoms with E-state index in [1.54, 1.807) is 18.2 Å². The van der Waals surface area contributed by atoms with E-state index >= 15 is 0 Å². The monoisotopic (exact) mass is 158 g/mol. The van der Waals surface area contributed by atoms with Crippen molar-refractivity contribution in [3.8, 4) is 0 Å². The largest absolute Gasteiger partial charge is 0.641 e. The van der Waals surface area contributed by atoms with Crippen LogP contribution in [0.2, 0.25) is 0 Å². The Morgan fingerprint density at radius 3 is 2.38 bits per heavy atom. The van der Waals surface area contributed by atoms with Crippen LogP contribution in [0.15, 0.2) is 24.4 Å². The van der Waals surface area contributed by atoms with Gasteiger partial charge in [0.1, 0.15) is 6.20 Å². The summed E-state index contributed by atoms with van der Waals surface area (Å²) in [5.41, 5.74) is 0. The van der Waals surface area contributed by atoms with Crippen molar-refractivity contribution in [2.75, 3.05) is 0 Å². The van der Waals surface area contributed by atoms with Crippen LogP contribution in [-0.4, -0.2) is 0 Å². The van der Waals surface area contributed by atoms with Gasteiger partial charge in [-0.25, -0.2) is 0 Å². The van der Waals surface area contributed by atoms with Crippen LogP contribution in [-0.2, 0) is 19.5 Å². The molecule has 0 spiro atoms. The van der Waals surface area contributed by atoms with Crippen molar-refractivity contribution >= 4 is 0 Å². The zero-order valence-corrected chi connectivity index (χ0v) is 7.34. The first-order valence-electron chi connectivity index (χ1n) is 1.95. The van der Waals surface area contributed by atoms with Gasteiger partial charge in [0.25, 0.3) is 0 Å². The number of pyridine rings is 1. The summed E-state index contributed by atoms with van der Waals surface area (Å²) in [6.45, 7) is 0.